The molecule has 8 heteroatoms. The van der Waals surface area contributed by atoms with Gasteiger partial charge in [0.25, 0.3) is 0 Å². The molecule has 21 heavy (non-hydrogen) atoms. The van der Waals surface area contributed by atoms with Gasteiger partial charge in [-0.3, -0.25) is 0 Å². The number of rotatable bonds is 5. The van der Waals surface area contributed by atoms with Crippen molar-refractivity contribution >= 4 is 12.0 Å². The van der Waals surface area contributed by atoms with Crippen LogP contribution in [0.3, 0.4) is 0 Å². The van der Waals surface area contributed by atoms with Gasteiger partial charge >= 0.3 is 12.0 Å². The maximum Gasteiger partial charge on any atom is 0.330 e. The number of amides is 2. The molecule has 0 saturated heterocycles. The standard InChI is InChI=1S/C13H15N5O3/c1-18-8-15-17-10(18)7-14-13(21)16-11(12(19)20)9-5-3-2-4-6-9/h2-6,8,11H,7H2,1H3,(H,19,20)(H2,14,16,21). The van der Waals surface area contributed by atoms with Crippen LogP contribution in [-0.4, -0.2) is 31.9 Å². The molecule has 0 spiro atoms. The van der Waals surface area contributed by atoms with Crippen molar-refractivity contribution in [1.82, 2.24) is 25.4 Å². The summed E-state index contributed by atoms with van der Waals surface area (Å²) in [5.41, 5.74) is 0.499. The summed E-state index contributed by atoms with van der Waals surface area (Å²) in [7, 11) is 1.75. The fourth-order valence-corrected chi connectivity index (χ4v) is 1.74. The number of carbonyl (C=O) groups is 2. The summed E-state index contributed by atoms with van der Waals surface area (Å²) in [6.07, 6.45) is 1.51. The van der Waals surface area contributed by atoms with Gasteiger partial charge in [0, 0.05) is 7.05 Å². The van der Waals surface area contributed by atoms with Gasteiger partial charge in [0.2, 0.25) is 0 Å². The number of carbonyl (C=O) groups excluding carboxylic acids is 1. The normalized spacial score (nSPS) is 11.7. The molecule has 1 heterocycles. The summed E-state index contributed by atoms with van der Waals surface area (Å²) in [6.45, 7) is 0.156. The number of nitrogens with one attached hydrogen (secondary N) is 2. The van der Waals surface area contributed by atoms with Crippen LogP contribution in [0.5, 0.6) is 0 Å². The van der Waals surface area contributed by atoms with Crippen LogP contribution in [0.25, 0.3) is 0 Å². The summed E-state index contributed by atoms with van der Waals surface area (Å²) in [6, 6.07) is 6.79. The van der Waals surface area contributed by atoms with Gasteiger partial charge in [0.1, 0.15) is 6.33 Å². The minimum Gasteiger partial charge on any atom is -0.479 e. The quantitative estimate of drug-likeness (QED) is 0.740. The van der Waals surface area contributed by atoms with Crippen molar-refractivity contribution in [3.05, 3.63) is 48.0 Å². The van der Waals surface area contributed by atoms with Gasteiger partial charge in [-0.25, -0.2) is 9.59 Å². The van der Waals surface area contributed by atoms with E-state index in [2.05, 4.69) is 20.8 Å². The number of aryl methyl sites for hydroxylation is 1. The van der Waals surface area contributed by atoms with Gasteiger partial charge in [-0.1, -0.05) is 30.3 Å². The fourth-order valence-electron chi connectivity index (χ4n) is 1.74. The van der Waals surface area contributed by atoms with Crippen molar-refractivity contribution in [2.75, 3.05) is 0 Å². The molecule has 110 valence electrons. The third-order valence-electron chi connectivity index (χ3n) is 2.87. The summed E-state index contributed by atoms with van der Waals surface area (Å²) in [4.78, 5) is 23.0. The molecule has 1 atom stereocenters. The lowest BCUT2D eigenvalue weighted by Crippen LogP contribution is -2.40. The van der Waals surface area contributed by atoms with Crippen LogP contribution in [0.1, 0.15) is 17.4 Å². The smallest absolute Gasteiger partial charge is 0.330 e. The van der Waals surface area contributed by atoms with Gasteiger partial charge in [-0.05, 0) is 5.56 Å². The van der Waals surface area contributed by atoms with Gasteiger partial charge < -0.3 is 20.3 Å². The highest BCUT2D eigenvalue weighted by Gasteiger charge is 2.21. The van der Waals surface area contributed by atoms with Crippen LogP contribution < -0.4 is 10.6 Å². The minimum absolute atomic E-state index is 0.156. The van der Waals surface area contributed by atoms with Crippen molar-refractivity contribution in [3.63, 3.8) is 0 Å². The number of aromatic nitrogens is 3. The molecule has 2 aromatic rings. The van der Waals surface area contributed by atoms with Crippen molar-refractivity contribution < 1.29 is 14.7 Å². The third kappa shape index (κ3) is 3.78. The van der Waals surface area contributed by atoms with Crippen LogP contribution >= 0.6 is 0 Å². The average molecular weight is 289 g/mol. The highest BCUT2D eigenvalue weighted by atomic mass is 16.4. The molecule has 0 aliphatic carbocycles. The number of hydrogen-bond donors (Lipinski definition) is 3. The fraction of sp³-hybridized carbons (Fsp3) is 0.231. The van der Waals surface area contributed by atoms with Crippen LogP contribution in [-0.2, 0) is 18.4 Å². The Morgan fingerprint density at radius 1 is 1.33 bits per heavy atom. The number of nitrogens with zero attached hydrogens (tertiary/aromatic N) is 3. The highest BCUT2D eigenvalue weighted by molar-refractivity contribution is 5.83. The molecule has 0 fully saturated rings. The van der Waals surface area contributed by atoms with Gasteiger partial charge in [-0.2, -0.15) is 0 Å². The molecule has 1 aromatic heterocycles. The average Bonchev–Trinajstić information content (AvgIpc) is 2.88. The van der Waals surface area contributed by atoms with Crippen molar-refractivity contribution in [2.24, 2.45) is 7.05 Å². The Morgan fingerprint density at radius 2 is 2.05 bits per heavy atom. The van der Waals surface area contributed by atoms with Gasteiger partial charge in [0.15, 0.2) is 11.9 Å². The molecule has 1 aromatic carbocycles. The number of carboxylic acid groups (broad SMARTS) is 1. The zero-order chi connectivity index (χ0) is 15.2. The first-order chi connectivity index (χ1) is 10.1. The summed E-state index contributed by atoms with van der Waals surface area (Å²) < 4.78 is 1.66. The van der Waals surface area contributed by atoms with E-state index in [0.717, 1.165) is 0 Å². The SMILES string of the molecule is Cn1cnnc1CNC(=O)NC(C(=O)O)c1ccccc1. The maximum absolute atomic E-state index is 11.8. The van der Waals surface area contributed by atoms with Crippen LogP contribution in [0.4, 0.5) is 4.79 Å². The number of aliphatic carboxylic acids is 1. The van der Waals surface area contributed by atoms with Gasteiger partial charge in [-0.15, -0.1) is 10.2 Å². The lowest BCUT2D eigenvalue weighted by Gasteiger charge is -2.15. The second kappa shape index (κ2) is 6.51. The van der Waals surface area contributed by atoms with Crippen molar-refractivity contribution in [2.45, 2.75) is 12.6 Å². The Balaban J connectivity index is 1.96. The molecule has 2 rings (SSSR count). The first-order valence-electron chi connectivity index (χ1n) is 6.23. The van der Waals surface area contributed by atoms with Crippen LogP contribution in [0.2, 0.25) is 0 Å². The summed E-state index contributed by atoms with van der Waals surface area (Å²) >= 11 is 0. The van der Waals surface area contributed by atoms with E-state index in [0.29, 0.717) is 11.4 Å². The van der Waals surface area contributed by atoms with Gasteiger partial charge in [0.05, 0.1) is 6.54 Å². The van der Waals surface area contributed by atoms with E-state index < -0.39 is 18.0 Å². The molecule has 0 bridgehead atoms. The van der Waals surface area contributed by atoms with E-state index in [-0.39, 0.29) is 6.54 Å². The first-order valence-corrected chi connectivity index (χ1v) is 6.23. The van der Waals surface area contributed by atoms with Crippen molar-refractivity contribution in [3.8, 4) is 0 Å². The number of urea groups is 1. The second-order valence-electron chi connectivity index (χ2n) is 4.37. The third-order valence-corrected chi connectivity index (χ3v) is 2.87. The first kappa shape index (κ1) is 14.5. The monoisotopic (exact) mass is 289 g/mol. The van der Waals surface area contributed by atoms with E-state index in [1.54, 1.807) is 41.9 Å². The summed E-state index contributed by atoms with van der Waals surface area (Å²) in [5.74, 6) is -0.563. The Kier molecular flexibility index (Phi) is 4.50. The lowest BCUT2D eigenvalue weighted by atomic mass is 10.1. The maximum atomic E-state index is 11.8. The van der Waals surface area contributed by atoms with Crippen molar-refractivity contribution in [1.29, 1.82) is 0 Å². The van der Waals surface area contributed by atoms with E-state index >= 15 is 0 Å². The molecule has 2 amide bonds. The molecular formula is C13H15N5O3. The predicted molar refractivity (Wildman–Crippen MR) is 73.2 cm³/mol. The van der Waals surface area contributed by atoms with Crippen LogP contribution in [0, 0.1) is 0 Å². The molecular weight excluding hydrogens is 274 g/mol. The Labute approximate surface area is 120 Å². The van der Waals surface area contributed by atoms with E-state index in [9.17, 15) is 14.7 Å². The zero-order valence-corrected chi connectivity index (χ0v) is 11.4. The zero-order valence-electron chi connectivity index (χ0n) is 11.4. The Morgan fingerprint density at radius 3 is 2.62 bits per heavy atom. The minimum atomic E-state index is -1.13. The molecule has 0 radical (unpaired) electrons. The molecule has 1 unspecified atom stereocenters. The molecule has 3 N–H and O–H groups in total. The highest BCUT2D eigenvalue weighted by Crippen LogP contribution is 2.12. The number of hydrogen-bond acceptors (Lipinski definition) is 4. The Bertz CT molecular complexity index is 626. The molecule has 0 aliphatic rings. The topological polar surface area (TPSA) is 109 Å². The Hall–Kier alpha value is -2.90. The van der Waals surface area contributed by atoms with E-state index in [1.807, 2.05) is 0 Å². The van der Waals surface area contributed by atoms with Crippen LogP contribution in [0.15, 0.2) is 36.7 Å². The predicted octanol–water partition coefficient (Wildman–Crippen LogP) is 0.440. The number of benzene rings is 1. The largest absolute Gasteiger partial charge is 0.479 e. The molecule has 0 saturated carbocycles. The molecule has 0 aliphatic heterocycles. The lowest BCUT2D eigenvalue weighted by molar-refractivity contribution is -0.139. The second-order valence-corrected chi connectivity index (χ2v) is 4.37. The van der Waals surface area contributed by atoms with E-state index in [4.69, 9.17) is 0 Å². The molecule has 8 nitrogen and oxygen atoms in total. The number of carboxylic acids is 1. The van der Waals surface area contributed by atoms with E-state index in [1.165, 1.54) is 6.33 Å². The summed E-state index contributed by atoms with van der Waals surface area (Å²) in [5, 5.41) is 21.7.